The van der Waals surface area contributed by atoms with Crippen LogP contribution in [0.15, 0.2) is 22.8 Å². The summed E-state index contributed by atoms with van der Waals surface area (Å²) in [6.45, 7) is 2.43. The Balaban J connectivity index is 2.38. The van der Waals surface area contributed by atoms with Crippen LogP contribution < -0.4 is 15.5 Å². The molecule has 6 nitrogen and oxygen atoms in total. The summed E-state index contributed by atoms with van der Waals surface area (Å²) in [4.78, 5) is 4.26. The van der Waals surface area contributed by atoms with E-state index in [4.69, 9.17) is 14.2 Å². The smallest absolute Gasteiger partial charge is 0.261 e. The number of imidazole rings is 1. The maximum atomic E-state index is 5.41. The third kappa shape index (κ3) is 2.65. The molecule has 0 unspecified atom stereocenters. The fourth-order valence-electron chi connectivity index (χ4n) is 1.28. The molecule has 8 heteroatoms. The number of nitrogen functional groups attached to an aromatic ring is 1. The van der Waals surface area contributed by atoms with Gasteiger partial charge in [-0.25, -0.2) is 10.8 Å². The zero-order chi connectivity index (χ0) is 12.3. The van der Waals surface area contributed by atoms with Crippen molar-refractivity contribution >= 4 is 39.7 Å². The van der Waals surface area contributed by atoms with Crippen molar-refractivity contribution in [1.29, 1.82) is 0 Å². The number of aromatic nitrogens is 2. The number of pyridine rings is 1. The molecule has 3 N–H and O–H groups in total. The SMILES string of the molecule is CCOSOc1c(NN)nc2ccc(Br)cn12. The molecule has 0 spiro atoms. The van der Waals surface area contributed by atoms with Gasteiger partial charge in [0.05, 0.1) is 6.61 Å². The van der Waals surface area contributed by atoms with Crippen LogP contribution in [0.2, 0.25) is 0 Å². The molecule has 0 fully saturated rings. The van der Waals surface area contributed by atoms with Crippen LogP contribution >= 0.6 is 28.3 Å². The van der Waals surface area contributed by atoms with Gasteiger partial charge in [-0.3, -0.25) is 8.58 Å². The van der Waals surface area contributed by atoms with Gasteiger partial charge in [-0.05, 0) is 35.0 Å². The third-order valence-corrected chi connectivity index (χ3v) is 2.98. The van der Waals surface area contributed by atoms with Gasteiger partial charge in [0.2, 0.25) is 18.1 Å². The summed E-state index contributed by atoms with van der Waals surface area (Å²) < 4.78 is 13.2. The van der Waals surface area contributed by atoms with E-state index in [2.05, 4.69) is 26.3 Å². The van der Waals surface area contributed by atoms with Gasteiger partial charge in [-0.15, -0.1) is 0 Å². The summed E-state index contributed by atoms with van der Waals surface area (Å²) in [5.74, 6) is 6.33. The molecule has 0 aliphatic heterocycles. The first-order chi connectivity index (χ1) is 8.26. The Labute approximate surface area is 111 Å². The molecule has 0 atom stereocenters. The zero-order valence-electron chi connectivity index (χ0n) is 9.01. The van der Waals surface area contributed by atoms with E-state index in [9.17, 15) is 0 Å². The average Bonchev–Trinajstić information content (AvgIpc) is 2.67. The minimum atomic E-state index is 0.454. The molecule has 0 saturated carbocycles. The number of anilines is 1. The second kappa shape index (κ2) is 5.58. The number of hydrogen-bond donors (Lipinski definition) is 2. The number of nitrogens with zero attached hydrogens (tertiary/aromatic N) is 2. The molecule has 2 aromatic heterocycles. The largest absolute Gasteiger partial charge is 0.377 e. The van der Waals surface area contributed by atoms with Crippen molar-refractivity contribution in [2.75, 3.05) is 12.0 Å². The van der Waals surface area contributed by atoms with Gasteiger partial charge in [0.1, 0.15) is 5.65 Å². The Kier molecular flexibility index (Phi) is 4.11. The predicted molar refractivity (Wildman–Crippen MR) is 70.5 cm³/mol. The molecule has 0 radical (unpaired) electrons. The third-order valence-electron chi connectivity index (χ3n) is 1.95. The summed E-state index contributed by atoms with van der Waals surface area (Å²) in [5, 5.41) is 0. The van der Waals surface area contributed by atoms with Crippen LogP contribution in [-0.4, -0.2) is 16.0 Å². The molecule has 0 aromatic carbocycles. The highest BCUT2D eigenvalue weighted by molar-refractivity contribution is 9.10. The van der Waals surface area contributed by atoms with Crippen LogP contribution in [0.5, 0.6) is 5.88 Å². The highest BCUT2D eigenvalue weighted by Gasteiger charge is 2.13. The highest BCUT2D eigenvalue weighted by Crippen LogP contribution is 2.29. The molecule has 0 aliphatic rings. The van der Waals surface area contributed by atoms with Crippen molar-refractivity contribution in [2.24, 2.45) is 5.84 Å². The Morgan fingerprint density at radius 2 is 2.41 bits per heavy atom. The zero-order valence-corrected chi connectivity index (χ0v) is 11.4. The standard InChI is InChI=1S/C9H11BrN4O2S/c1-2-15-17-16-9-8(13-11)12-7-4-3-6(10)5-14(7)9/h3-5,13H,2,11H2,1H3. The van der Waals surface area contributed by atoms with Crippen LogP contribution in [0.3, 0.4) is 0 Å². The first-order valence-corrected chi connectivity index (χ1v) is 6.32. The van der Waals surface area contributed by atoms with E-state index >= 15 is 0 Å². The van der Waals surface area contributed by atoms with Gasteiger partial charge < -0.3 is 9.61 Å². The Hall–Kier alpha value is -0.960. The van der Waals surface area contributed by atoms with Crippen LogP contribution in [0.1, 0.15) is 6.92 Å². The number of nitrogens with two attached hydrogens (primary N) is 1. The normalized spacial score (nSPS) is 10.8. The van der Waals surface area contributed by atoms with Crippen molar-refractivity contribution in [1.82, 2.24) is 9.38 Å². The maximum Gasteiger partial charge on any atom is 0.261 e. The number of halogens is 1. The van der Waals surface area contributed by atoms with Crippen molar-refractivity contribution in [2.45, 2.75) is 6.92 Å². The summed E-state index contributed by atoms with van der Waals surface area (Å²) in [5.41, 5.74) is 3.22. The van der Waals surface area contributed by atoms with Gasteiger partial charge in [0.25, 0.3) is 5.88 Å². The fraction of sp³-hybridized carbons (Fsp3) is 0.222. The van der Waals surface area contributed by atoms with Crippen molar-refractivity contribution in [3.63, 3.8) is 0 Å². The average molecular weight is 319 g/mol. The Morgan fingerprint density at radius 1 is 1.59 bits per heavy atom. The predicted octanol–water partition coefficient (Wildman–Crippen LogP) is 2.36. The van der Waals surface area contributed by atoms with E-state index in [-0.39, 0.29) is 0 Å². The van der Waals surface area contributed by atoms with E-state index in [0.717, 1.165) is 22.4 Å². The van der Waals surface area contributed by atoms with E-state index in [0.29, 0.717) is 18.3 Å². The molecule has 0 amide bonds. The van der Waals surface area contributed by atoms with Gasteiger partial charge >= 0.3 is 0 Å². The van der Waals surface area contributed by atoms with Crippen molar-refractivity contribution in [3.05, 3.63) is 22.8 Å². The molecule has 17 heavy (non-hydrogen) atoms. The maximum absolute atomic E-state index is 5.41. The number of hydrogen-bond acceptors (Lipinski definition) is 6. The van der Waals surface area contributed by atoms with Gasteiger partial charge in [-0.1, -0.05) is 0 Å². The van der Waals surface area contributed by atoms with Crippen LogP contribution in [0.4, 0.5) is 5.82 Å². The van der Waals surface area contributed by atoms with Crippen LogP contribution in [0.25, 0.3) is 5.65 Å². The van der Waals surface area contributed by atoms with Crippen LogP contribution in [0, 0.1) is 0 Å². The summed E-state index contributed by atoms with van der Waals surface area (Å²) in [6.07, 6.45) is 1.84. The first-order valence-electron chi connectivity index (χ1n) is 4.86. The molecule has 2 rings (SSSR count). The quantitative estimate of drug-likeness (QED) is 0.381. The second-order valence-corrected chi connectivity index (χ2v) is 4.50. The summed E-state index contributed by atoms with van der Waals surface area (Å²) in [7, 11) is 0. The van der Waals surface area contributed by atoms with E-state index in [1.807, 2.05) is 25.3 Å². The Bertz CT molecular complexity index is 519. The molecule has 0 bridgehead atoms. The van der Waals surface area contributed by atoms with E-state index < -0.39 is 0 Å². The van der Waals surface area contributed by atoms with Crippen molar-refractivity contribution in [3.8, 4) is 5.88 Å². The number of hydrazine groups is 1. The lowest BCUT2D eigenvalue weighted by Crippen LogP contribution is -2.08. The summed E-state index contributed by atoms with van der Waals surface area (Å²) in [6, 6.07) is 3.74. The minimum Gasteiger partial charge on any atom is -0.377 e. The van der Waals surface area contributed by atoms with Gasteiger partial charge in [0.15, 0.2) is 0 Å². The lowest BCUT2D eigenvalue weighted by atomic mass is 10.5. The fourth-order valence-corrected chi connectivity index (χ4v) is 1.98. The molecular weight excluding hydrogens is 308 g/mol. The monoisotopic (exact) mass is 318 g/mol. The molecular formula is C9H11BrN4O2S. The highest BCUT2D eigenvalue weighted by atomic mass is 79.9. The Morgan fingerprint density at radius 3 is 3.12 bits per heavy atom. The lowest BCUT2D eigenvalue weighted by molar-refractivity contribution is 0.367. The van der Waals surface area contributed by atoms with Crippen LogP contribution in [-0.2, 0) is 4.18 Å². The number of rotatable bonds is 5. The van der Waals surface area contributed by atoms with E-state index in [1.54, 1.807) is 4.40 Å². The van der Waals surface area contributed by atoms with Gasteiger partial charge in [0, 0.05) is 10.7 Å². The van der Waals surface area contributed by atoms with Crippen molar-refractivity contribution < 1.29 is 8.37 Å². The molecule has 0 saturated heterocycles. The summed E-state index contributed by atoms with van der Waals surface area (Å²) >= 11 is 4.28. The minimum absolute atomic E-state index is 0.454. The number of nitrogens with one attached hydrogen (secondary N) is 1. The molecule has 2 aromatic rings. The first kappa shape index (κ1) is 12.5. The molecule has 2 heterocycles. The molecule has 0 aliphatic carbocycles. The van der Waals surface area contributed by atoms with Gasteiger partial charge in [-0.2, -0.15) is 0 Å². The second-order valence-electron chi connectivity index (χ2n) is 3.04. The topological polar surface area (TPSA) is 73.8 Å². The molecule has 92 valence electrons. The lowest BCUT2D eigenvalue weighted by Gasteiger charge is -2.04. The number of fused-ring (bicyclic) bond motifs is 1. The van der Waals surface area contributed by atoms with E-state index in [1.165, 1.54) is 0 Å².